The Morgan fingerprint density at radius 2 is 1.83 bits per heavy atom. The highest BCUT2D eigenvalue weighted by Crippen LogP contribution is 2.41. The summed E-state index contributed by atoms with van der Waals surface area (Å²) in [6, 6.07) is 18.2. The van der Waals surface area contributed by atoms with Crippen LogP contribution in [-0.2, 0) is 12.8 Å². The molecular weight excluding hydrogens is 371 g/mol. The van der Waals surface area contributed by atoms with Gasteiger partial charge in [-0.1, -0.05) is 48.5 Å². The molecule has 0 aliphatic heterocycles. The highest BCUT2D eigenvalue weighted by molar-refractivity contribution is 5.96. The van der Waals surface area contributed by atoms with Crippen LogP contribution in [0.25, 0.3) is 11.1 Å². The summed E-state index contributed by atoms with van der Waals surface area (Å²) < 4.78 is 13.7. The number of carbonyl (C=O) groups is 1. The molecule has 0 spiro atoms. The van der Waals surface area contributed by atoms with Crippen LogP contribution in [0, 0.1) is 5.82 Å². The van der Waals surface area contributed by atoms with E-state index in [1.807, 2.05) is 30.3 Å². The second-order valence-corrected chi connectivity index (χ2v) is 7.58. The van der Waals surface area contributed by atoms with Gasteiger partial charge in [-0.15, -0.1) is 0 Å². The number of fused-ring (bicyclic) bond motifs is 1. The summed E-state index contributed by atoms with van der Waals surface area (Å²) >= 11 is 0. The van der Waals surface area contributed by atoms with Crippen molar-refractivity contribution in [2.45, 2.75) is 31.0 Å². The quantitative estimate of drug-likeness (QED) is 0.624. The Morgan fingerprint density at radius 1 is 1.07 bits per heavy atom. The van der Waals surface area contributed by atoms with E-state index in [4.69, 9.17) is 0 Å². The van der Waals surface area contributed by atoms with Gasteiger partial charge < -0.3 is 15.3 Å². The topological polar surface area (TPSA) is 77.8 Å². The first kappa shape index (κ1) is 19.3. The number of hydrogen-bond acceptors (Lipinski definition) is 3. The minimum atomic E-state index is -1.28. The first-order chi connectivity index (χ1) is 13.9. The van der Waals surface area contributed by atoms with Crippen LogP contribution in [0.2, 0.25) is 0 Å². The van der Waals surface area contributed by atoms with E-state index in [0.29, 0.717) is 36.0 Å². The minimum absolute atomic E-state index is 0.0169. The largest absolute Gasteiger partial charge is 0.478 e. The standard InChI is InChI=1S/C24H21FO4/c25-18-7-9-20(23(27)28)21(13-18)16-6-8-19-17(12-16)10-11-24(29,22(19)26)14-15-4-2-1-3-5-15/h1-9,12-13,22,26,29H,10-11,14H2,(H,27,28)/t22-,24-/m0/s1. The number of aliphatic hydroxyl groups excluding tert-OH is 1. The first-order valence-electron chi connectivity index (χ1n) is 9.48. The summed E-state index contributed by atoms with van der Waals surface area (Å²) in [4.78, 5) is 11.5. The Labute approximate surface area is 167 Å². The molecule has 0 aromatic heterocycles. The van der Waals surface area contributed by atoms with E-state index in [1.165, 1.54) is 12.1 Å². The molecule has 4 rings (SSSR count). The van der Waals surface area contributed by atoms with Gasteiger partial charge in [-0.2, -0.15) is 0 Å². The molecule has 0 unspecified atom stereocenters. The Bertz CT molecular complexity index is 1060. The van der Waals surface area contributed by atoms with Crippen molar-refractivity contribution >= 4 is 5.97 Å². The Balaban J connectivity index is 1.69. The first-order valence-corrected chi connectivity index (χ1v) is 9.48. The summed E-state index contributed by atoms with van der Waals surface area (Å²) in [5.74, 6) is -1.64. The predicted molar refractivity (Wildman–Crippen MR) is 107 cm³/mol. The van der Waals surface area contributed by atoms with Crippen LogP contribution >= 0.6 is 0 Å². The Hall–Kier alpha value is -3.02. The summed E-state index contributed by atoms with van der Waals surface area (Å²) in [5.41, 5.74) is 1.99. The lowest BCUT2D eigenvalue weighted by Gasteiger charge is -2.38. The Kier molecular flexibility index (Phi) is 4.94. The van der Waals surface area contributed by atoms with Crippen LogP contribution in [0.1, 0.15) is 39.6 Å². The lowest BCUT2D eigenvalue weighted by molar-refractivity contribution is -0.0884. The molecule has 0 saturated heterocycles. The smallest absolute Gasteiger partial charge is 0.336 e. The molecule has 0 saturated carbocycles. The molecule has 0 heterocycles. The third-order valence-electron chi connectivity index (χ3n) is 5.65. The summed E-state index contributed by atoms with van der Waals surface area (Å²) in [6.07, 6.45) is 0.172. The zero-order valence-corrected chi connectivity index (χ0v) is 15.7. The van der Waals surface area contributed by atoms with Gasteiger partial charge in [0, 0.05) is 6.42 Å². The van der Waals surface area contributed by atoms with Gasteiger partial charge in [0.1, 0.15) is 11.9 Å². The second kappa shape index (κ2) is 7.43. The number of hydrogen-bond donors (Lipinski definition) is 3. The molecular formula is C24H21FO4. The summed E-state index contributed by atoms with van der Waals surface area (Å²) in [7, 11) is 0. The maximum Gasteiger partial charge on any atom is 0.336 e. The highest BCUT2D eigenvalue weighted by atomic mass is 19.1. The number of carboxylic acid groups (broad SMARTS) is 1. The SMILES string of the molecule is O=C(O)c1ccc(F)cc1-c1ccc2c(c1)CC[C@](O)(Cc1ccccc1)[C@H]2O. The van der Waals surface area contributed by atoms with Crippen molar-refractivity contribution in [2.24, 2.45) is 0 Å². The van der Waals surface area contributed by atoms with E-state index < -0.39 is 23.5 Å². The van der Waals surface area contributed by atoms with E-state index in [1.54, 1.807) is 18.2 Å². The maximum atomic E-state index is 13.7. The predicted octanol–water partition coefficient (Wildman–Crippen LogP) is 4.14. The average molecular weight is 392 g/mol. The van der Waals surface area contributed by atoms with Crippen molar-refractivity contribution in [3.63, 3.8) is 0 Å². The molecule has 0 radical (unpaired) electrons. The van der Waals surface area contributed by atoms with E-state index >= 15 is 0 Å². The van der Waals surface area contributed by atoms with Crippen molar-refractivity contribution in [1.82, 2.24) is 0 Å². The molecule has 0 amide bonds. The molecule has 2 atom stereocenters. The van der Waals surface area contributed by atoms with Gasteiger partial charge >= 0.3 is 5.97 Å². The monoisotopic (exact) mass is 392 g/mol. The normalized spacial score (nSPS) is 20.9. The zero-order valence-electron chi connectivity index (χ0n) is 15.7. The minimum Gasteiger partial charge on any atom is -0.478 e. The number of aryl methyl sites for hydroxylation is 1. The summed E-state index contributed by atoms with van der Waals surface area (Å²) in [6.45, 7) is 0. The fourth-order valence-corrected chi connectivity index (χ4v) is 4.11. The molecule has 3 aromatic rings. The number of aromatic carboxylic acids is 1. The van der Waals surface area contributed by atoms with Crippen LogP contribution in [0.15, 0.2) is 66.7 Å². The number of halogens is 1. The van der Waals surface area contributed by atoms with Gasteiger partial charge in [0.15, 0.2) is 0 Å². The van der Waals surface area contributed by atoms with Crippen LogP contribution < -0.4 is 0 Å². The molecule has 1 aliphatic carbocycles. The van der Waals surface area contributed by atoms with Crippen molar-refractivity contribution in [3.8, 4) is 11.1 Å². The van der Waals surface area contributed by atoms with Gasteiger partial charge in [0.05, 0.1) is 11.2 Å². The third-order valence-corrected chi connectivity index (χ3v) is 5.65. The fraction of sp³-hybridized carbons (Fsp3) is 0.208. The van der Waals surface area contributed by atoms with E-state index in [0.717, 1.165) is 17.2 Å². The lowest BCUT2D eigenvalue weighted by atomic mass is 9.74. The van der Waals surface area contributed by atoms with Gasteiger partial charge in [-0.25, -0.2) is 9.18 Å². The summed E-state index contributed by atoms with van der Waals surface area (Å²) in [5, 5.41) is 31.4. The molecule has 0 fully saturated rings. The molecule has 5 heteroatoms. The zero-order chi connectivity index (χ0) is 20.6. The van der Waals surface area contributed by atoms with Crippen LogP contribution in [0.4, 0.5) is 4.39 Å². The van der Waals surface area contributed by atoms with E-state index in [-0.39, 0.29) is 5.56 Å². The van der Waals surface area contributed by atoms with Crippen molar-refractivity contribution in [1.29, 1.82) is 0 Å². The van der Waals surface area contributed by atoms with Gasteiger partial charge in [-0.3, -0.25) is 0 Å². The number of aliphatic hydroxyl groups is 2. The number of carboxylic acids is 1. The highest BCUT2D eigenvalue weighted by Gasteiger charge is 2.41. The molecule has 0 bridgehead atoms. The van der Waals surface area contributed by atoms with E-state index in [9.17, 15) is 24.5 Å². The van der Waals surface area contributed by atoms with Crippen LogP contribution in [0.3, 0.4) is 0 Å². The van der Waals surface area contributed by atoms with Crippen molar-refractivity contribution < 1.29 is 24.5 Å². The molecule has 148 valence electrons. The molecule has 4 nitrogen and oxygen atoms in total. The maximum absolute atomic E-state index is 13.7. The van der Waals surface area contributed by atoms with Gasteiger partial charge in [-0.05, 0) is 58.9 Å². The number of rotatable bonds is 4. The lowest BCUT2D eigenvalue weighted by Crippen LogP contribution is -2.42. The van der Waals surface area contributed by atoms with E-state index in [2.05, 4.69) is 0 Å². The van der Waals surface area contributed by atoms with Crippen molar-refractivity contribution in [3.05, 3.63) is 94.8 Å². The fourth-order valence-electron chi connectivity index (χ4n) is 4.11. The Morgan fingerprint density at radius 3 is 2.55 bits per heavy atom. The second-order valence-electron chi connectivity index (χ2n) is 7.58. The molecule has 1 aliphatic rings. The molecule has 3 N–H and O–H groups in total. The molecule has 3 aromatic carbocycles. The van der Waals surface area contributed by atoms with Crippen LogP contribution in [0.5, 0.6) is 0 Å². The average Bonchev–Trinajstić information content (AvgIpc) is 2.71. The third kappa shape index (κ3) is 3.67. The van der Waals surface area contributed by atoms with Crippen molar-refractivity contribution in [2.75, 3.05) is 0 Å². The molecule has 29 heavy (non-hydrogen) atoms. The van der Waals surface area contributed by atoms with Gasteiger partial charge in [0.25, 0.3) is 0 Å². The van der Waals surface area contributed by atoms with Gasteiger partial charge in [0.2, 0.25) is 0 Å². The van der Waals surface area contributed by atoms with Crippen LogP contribution in [-0.4, -0.2) is 26.9 Å². The number of benzene rings is 3.